The maximum atomic E-state index is 5.93. The van der Waals surface area contributed by atoms with E-state index in [1.54, 1.807) is 0 Å². The molecule has 21 heavy (non-hydrogen) atoms. The minimum atomic E-state index is 0.294. The Hall–Kier alpha value is -0.610. The lowest BCUT2D eigenvalue weighted by atomic mass is 9.53. The average molecular weight is 303 g/mol. The maximum absolute atomic E-state index is 5.93. The topological polar surface area (TPSA) is 43.3 Å². The van der Waals surface area contributed by atoms with Gasteiger partial charge in [-0.2, -0.15) is 0 Å². The van der Waals surface area contributed by atoms with Crippen LogP contribution in [0.2, 0.25) is 0 Å². The molecule has 1 heterocycles. The Morgan fingerprint density at radius 3 is 2.29 bits per heavy atom. The Bertz CT molecular complexity index is 587. The highest BCUT2D eigenvalue weighted by Gasteiger charge is 2.51. The molecule has 0 aromatic carbocycles. The number of aromatic nitrogens is 1. The predicted molar refractivity (Wildman–Crippen MR) is 84.9 cm³/mol. The lowest BCUT2D eigenvalue weighted by Crippen LogP contribution is -2.50. The number of thiazole rings is 1. The molecule has 5 saturated carbocycles. The van der Waals surface area contributed by atoms with E-state index in [0.717, 1.165) is 17.8 Å². The molecule has 114 valence electrons. The second kappa shape index (κ2) is 4.45. The third kappa shape index (κ3) is 2.06. The summed E-state index contributed by atoms with van der Waals surface area (Å²) in [7, 11) is 0. The first-order chi connectivity index (χ1) is 10.2. The predicted octanol–water partition coefficient (Wildman–Crippen LogP) is 3.21. The highest BCUT2D eigenvalue weighted by atomic mass is 32.1. The SMILES string of the molecule is NCc1csc(=NC23CC4CC(CC(C4)C2)C3)n1C1CC1. The summed E-state index contributed by atoms with van der Waals surface area (Å²) in [5, 5.41) is 2.25. The zero-order chi connectivity index (χ0) is 14.0. The van der Waals surface area contributed by atoms with E-state index < -0.39 is 0 Å². The Balaban J connectivity index is 1.58. The number of hydrogen-bond acceptors (Lipinski definition) is 3. The highest BCUT2D eigenvalue weighted by molar-refractivity contribution is 7.07. The molecule has 0 atom stereocenters. The van der Waals surface area contributed by atoms with Crippen LogP contribution in [0.15, 0.2) is 10.4 Å². The van der Waals surface area contributed by atoms with E-state index in [4.69, 9.17) is 10.7 Å². The molecule has 0 radical (unpaired) electrons. The molecule has 4 heteroatoms. The lowest BCUT2D eigenvalue weighted by molar-refractivity contribution is -0.000408. The molecule has 5 aliphatic carbocycles. The Morgan fingerprint density at radius 2 is 1.76 bits per heavy atom. The summed E-state index contributed by atoms with van der Waals surface area (Å²) in [6.07, 6.45) is 11.2. The average Bonchev–Trinajstić information content (AvgIpc) is 3.19. The van der Waals surface area contributed by atoms with Crippen LogP contribution < -0.4 is 10.5 Å². The van der Waals surface area contributed by atoms with Crippen LogP contribution in [-0.4, -0.2) is 10.1 Å². The molecule has 2 N–H and O–H groups in total. The monoisotopic (exact) mass is 303 g/mol. The van der Waals surface area contributed by atoms with Crippen LogP contribution >= 0.6 is 11.3 Å². The number of rotatable bonds is 3. The first-order valence-electron chi connectivity index (χ1n) is 8.69. The fourth-order valence-corrected chi connectivity index (χ4v) is 6.79. The fraction of sp³-hybridized carbons (Fsp3) is 0.824. The maximum Gasteiger partial charge on any atom is 0.185 e. The molecule has 0 aliphatic heterocycles. The highest BCUT2D eigenvalue weighted by Crippen LogP contribution is 2.57. The van der Waals surface area contributed by atoms with Crippen molar-refractivity contribution in [2.75, 3.05) is 0 Å². The van der Waals surface area contributed by atoms with Gasteiger partial charge in [0.2, 0.25) is 0 Å². The van der Waals surface area contributed by atoms with Crippen molar-refractivity contribution in [3.63, 3.8) is 0 Å². The zero-order valence-electron chi connectivity index (χ0n) is 12.6. The minimum Gasteiger partial charge on any atom is -0.325 e. The van der Waals surface area contributed by atoms with Gasteiger partial charge in [-0.05, 0) is 69.1 Å². The molecule has 1 aromatic rings. The van der Waals surface area contributed by atoms with Gasteiger partial charge in [0, 0.05) is 23.7 Å². The summed E-state index contributed by atoms with van der Waals surface area (Å²) in [6, 6.07) is 0.697. The van der Waals surface area contributed by atoms with E-state index in [9.17, 15) is 0 Å². The van der Waals surface area contributed by atoms with Crippen molar-refractivity contribution in [2.24, 2.45) is 28.5 Å². The van der Waals surface area contributed by atoms with Crippen LogP contribution in [0.5, 0.6) is 0 Å². The summed E-state index contributed by atoms with van der Waals surface area (Å²) in [6.45, 7) is 0.656. The molecule has 3 nitrogen and oxygen atoms in total. The summed E-state index contributed by atoms with van der Waals surface area (Å²) < 4.78 is 2.48. The van der Waals surface area contributed by atoms with E-state index in [1.165, 1.54) is 61.9 Å². The van der Waals surface area contributed by atoms with Gasteiger partial charge in [-0.1, -0.05) is 0 Å². The molecule has 4 bridgehead atoms. The standard InChI is InChI=1S/C17H25N3S/c18-9-15-10-21-16(20(15)14-1-2-14)19-17-6-11-3-12(7-17)5-13(4-11)8-17/h10-14H,1-9,18H2. The number of nitrogens with zero attached hydrogens (tertiary/aromatic N) is 2. The molecule has 5 aliphatic rings. The quantitative estimate of drug-likeness (QED) is 0.915. The lowest BCUT2D eigenvalue weighted by Gasteiger charge is -2.54. The van der Waals surface area contributed by atoms with Gasteiger partial charge in [0.05, 0.1) is 5.54 Å². The Kier molecular flexibility index (Phi) is 2.73. The first-order valence-corrected chi connectivity index (χ1v) is 9.57. The Labute approximate surface area is 130 Å². The van der Waals surface area contributed by atoms with E-state index in [0.29, 0.717) is 18.1 Å². The molecule has 5 fully saturated rings. The van der Waals surface area contributed by atoms with Crippen molar-refractivity contribution in [1.82, 2.24) is 4.57 Å². The van der Waals surface area contributed by atoms with Crippen LogP contribution in [0.1, 0.15) is 63.1 Å². The summed E-state index contributed by atoms with van der Waals surface area (Å²) in [5.41, 5.74) is 7.53. The molecule has 1 aromatic heterocycles. The normalized spacial score (nSPS) is 42.0. The van der Waals surface area contributed by atoms with Crippen molar-refractivity contribution in [1.29, 1.82) is 0 Å². The van der Waals surface area contributed by atoms with Crippen molar-refractivity contribution in [3.8, 4) is 0 Å². The van der Waals surface area contributed by atoms with Gasteiger partial charge in [0.25, 0.3) is 0 Å². The van der Waals surface area contributed by atoms with Crippen LogP contribution in [0.4, 0.5) is 0 Å². The number of nitrogens with two attached hydrogens (primary N) is 1. The third-order valence-electron chi connectivity index (χ3n) is 6.28. The Morgan fingerprint density at radius 1 is 1.14 bits per heavy atom. The fourth-order valence-electron chi connectivity index (χ4n) is 5.71. The van der Waals surface area contributed by atoms with E-state index >= 15 is 0 Å². The van der Waals surface area contributed by atoms with Gasteiger partial charge in [-0.25, -0.2) is 0 Å². The van der Waals surface area contributed by atoms with Crippen LogP contribution in [-0.2, 0) is 6.54 Å². The van der Waals surface area contributed by atoms with E-state index in [-0.39, 0.29) is 0 Å². The van der Waals surface area contributed by atoms with Gasteiger partial charge in [0.1, 0.15) is 0 Å². The van der Waals surface area contributed by atoms with Crippen molar-refractivity contribution >= 4 is 11.3 Å². The molecule has 6 rings (SSSR count). The smallest absolute Gasteiger partial charge is 0.185 e. The third-order valence-corrected chi connectivity index (χ3v) is 7.16. The molecular weight excluding hydrogens is 278 g/mol. The molecular formula is C17H25N3S. The van der Waals surface area contributed by atoms with Crippen molar-refractivity contribution < 1.29 is 0 Å². The number of hydrogen-bond donors (Lipinski definition) is 1. The van der Waals surface area contributed by atoms with E-state index in [1.807, 2.05) is 11.3 Å². The largest absolute Gasteiger partial charge is 0.325 e. The van der Waals surface area contributed by atoms with Gasteiger partial charge in [0.15, 0.2) is 4.80 Å². The first kappa shape index (κ1) is 12.9. The summed E-state index contributed by atoms with van der Waals surface area (Å²) >= 11 is 1.83. The van der Waals surface area contributed by atoms with Gasteiger partial charge >= 0.3 is 0 Å². The van der Waals surface area contributed by atoms with Crippen molar-refractivity contribution in [3.05, 3.63) is 15.9 Å². The molecule has 0 saturated heterocycles. The molecule has 0 amide bonds. The summed E-state index contributed by atoms with van der Waals surface area (Å²) in [5.74, 6) is 2.93. The van der Waals surface area contributed by atoms with Gasteiger partial charge < -0.3 is 10.3 Å². The van der Waals surface area contributed by atoms with Gasteiger partial charge in [-0.3, -0.25) is 4.99 Å². The van der Waals surface area contributed by atoms with Crippen LogP contribution in [0, 0.1) is 17.8 Å². The van der Waals surface area contributed by atoms with Crippen molar-refractivity contribution in [2.45, 2.75) is 69.5 Å². The molecule has 0 spiro atoms. The van der Waals surface area contributed by atoms with Crippen LogP contribution in [0.25, 0.3) is 0 Å². The van der Waals surface area contributed by atoms with Crippen LogP contribution in [0.3, 0.4) is 0 Å². The zero-order valence-corrected chi connectivity index (χ0v) is 13.4. The van der Waals surface area contributed by atoms with E-state index in [2.05, 4.69) is 9.95 Å². The minimum absolute atomic E-state index is 0.294. The summed E-state index contributed by atoms with van der Waals surface area (Å²) in [4.78, 5) is 6.68. The second-order valence-electron chi connectivity index (χ2n) is 8.07. The second-order valence-corrected chi connectivity index (χ2v) is 8.91. The molecule has 0 unspecified atom stereocenters. The van der Waals surface area contributed by atoms with Gasteiger partial charge in [-0.15, -0.1) is 11.3 Å².